The summed E-state index contributed by atoms with van der Waals surface area (Å²) in [6.45, 7) is 7.18. The predicted octanol–water partition coefficient (Wildman–Crippen LogP) is 2.83. The van der Waals surface area contributed by atoms with Crippen molar-refractivity contribution in [2.45, 2.75) is 40.0 Å². The van der Waals surface area contributed by atoms with E-state index in [1.165, 1.54) is 19.3 Å². The van der Waals surface area contributed by atoms with Crippen LogP contribution >= 0.6 is 0 Å². The molecule has 0 nitrogen and oxygen atoms in total. The van der Waals surface area contributed by atoms with Gasteiger partial charge in [-0.3, -0.25) is 0 Å². The fourth-order valence-corrected chi connectivity index (χ4v) is 3.01. The second kappa shape index (κ2) is 1.21. The fraction of sp³-hybridized carbons (Fsp3) is 1.00. The molecule has 0 aliphatic heterocycles. The second-order valence-electron chi connectivity index (χ2n) is 4.86. The van der Waals surface area contributed by atoms with Crippen molar-refractivity contribution in [2.24, 2.45) is 16.7 Å². The van der Waals surface area contributed by atoms with Crippen molar-refractivity contribution < 1.29 is 0 Å². The molecule has 0 aromatic heterocycles. The van der Waals surface area contributed by atoms with Crippen LogP contribution in [0.2, 0.25) is 0 Å². The molecule has 0 atom stereocenters. The molecular formula is C9H16. The summed E-state index contributed by atoms with van der Waals surface area (Å²) in [6, 6.07) is 0. The van der Waals surface area contributed by atoms with Crippen LogP contribution in [0.5, 0.6) is 0 Å². The molecule has 2 bridgehead atoms. The topological polar surface area (TPSA) is 0 Å². The van der Waals surface area contributed by atoms with Gasteiger partial charge in [-0.15, -0.1) is 0 Å². The van der Waals surface area contributed by atoms with Gasteiger partial charge in [0, 0.05) is 0 Å². The van der Waals surface area contributed by atoms with Crippen LogP contribution in [0, 0.1) is 16.7 Å². The number of rotatable bonds is 1. The minimum absolute atomic E-state index is 0.810. The Kier molecular flexibility index (Phi) is 0.774. The van der Waals surface area contributed by atoms with Crippen LogP contribution in [0.4, 0.5) is 0 Å². The van der Waals surface area contributed by atoms with Gasteiger partial charge in [0.05, 0.1) is 0 Å². The molecule has 0 heterocycles. The highest BCUT2D eigenvalue weighted by Crippen LogP contribution is 2.75. The SMILES string of the molecule is CC(C)C12CC(C)(C1)C2. The summed E-state index contributed by atoms with van der Waals surface area (Å²) in [4.78, 5) is 0. The minimum Gasteiger partial charge on any atom is -0.0622 e. The molecule has 0 aromatic carbocycles. The van der Waals surface area contributed by atoms with Gasteiger partial charge in [-0.1, -0.05) is 20.8 Å². The van der Waals surface area contributed by atoms with Crippen LogP contribution in [-0.4, -0.2) is 0 Å². The molecule has 3 rings (SSSR count). The lowest BCUT2D eigenvalue weighted by Crippen LogP contribution is -2.62. The van der Waals surface area contributed by atoms with Crippen molar-refractivity contribution in [3.8, 4) is 0 Å². The average Bonchev–Trinajstić information content (AvgIpc) is 1.54. The molecule has 0 spiro atoms. The van der Waals surface area contributed by atoms with E-state index in [2.05, 4.69) is 20.8 Å². The Morgan fingerprint density at radius 1 is 1.11 bits per heavy atom. The first-order valence-corrected chi connectivity index (χ1v) is 4.06. The third-order valence-corrected chi connectivity index (χ3v) is 3.56. The van der Waals surface area contributed by atoms with E-state index in [1.807, 2.05) is 0 Å². The fourth-order valence-electron chi connectivity index (χ4n) is 3.01. The lowest BCUT2D eigenvalue weighted by molar-refractivity contribution is -0.217. The lowest BCUT2D eigenvalue weighted by Gasteiger charge is -2.72. The highest BCUT2D eigenvalue weighted by Gasteiger charge is 2.65. The zero-order valence-electron chi connectivity index (χ0n) is 6.70. The van der Waals surface area contributed by atoms with Gasteiger partial charge in [-0.05, 0) is 36.0 Å². The van der Waals surface area contributed by atoms with E-state index in [0.29, 0.717) is 0 Å². The standard InChI is InChI=1S/C9H16/c1-7(2)9-4-8(3,5-9)6-9/h7H,4-6H2,1-3H3. The van der Waals surface area contributed by atoms with Crippen LogP contribution in [-0.2, 0) is 0 Å². The van der Waals surface area contributed by atoms with E-state index in [0.717, 1.165) is 16.7 Å². The first-order valence-electron chi connectivity index (χ1n) is 4.06. The number of hydrogen-bond acceptors (Lipinski definition) is 0. The van der Waals surface area contributed by atoms with Gasteiger partial charge < -0.3 is 0 Å². The molecule has 0 amide bonds. The lowest BCUT2D eigenvalue weighted by atomic mass is 9.33. The summed E-state index contributed by atoms with van der Waals surface area (Å²) in [7, 11) is 0. The van der Waals surface area contributed by atoms with E-state index in [1.54, 1.807) is 0 Å². The molecule has 0 N–H and O–H groups in total. The molecule has 3 aliphatic rings. The number of hydrogen-bond donors (Lipinski definition) is 0. The predicted molar refractivity (Wildman–Crippen MR) is 39.2 cm³/mol. The van der Waals surface area contributed by atoms with Gasteiger partial charge in [-0.2, -0.15) is 0 Å². The third-order valence-electron chi connectivity index (χ3n) is 3.56. The first-order chi connectivity index (χ1) is 4.06. The van der Waals surface area contributed by atoms with E-state index in [9.17, 15) is 0 Å². The van der Waals surface area contributed by atoms with Crippen LogP contribution < -0.4 is 0 Å². The summed E-state index contributed by atoms with van der Waals surface area (Å²) in [5, 5.41) is 0. The molecule has 3 fully saturated rings. The molecule has 0 saturated heterocycles. The Labute approximate surface area is 57.6 Å². The normalized spacial score (nSPS) is 54.7. The maximum atomic E-state index is 2.43. The van der Waals surface area contributed by atoms with Gasteiger partial charge in [0.25, 0.3) is 0 Å². The molecule has 0 heteroatoms. The van der Waals surface area contributed by atoms with Gasteiger partial charge in [0.15, 0.2) is 0 Å². The van der Waals surface area contributed by atoms with Gasteiger partial charge in [0.1, 0.15) is 0 Å². The molecule has 3 aliphatic carbocycles. The Balaban J connectivity index is 2.04. The smallest absolute Gasteiger partial charge is 0.0259 e. The monoisotopic (exact) mass is 124 g/mol. The zero-order chi connectivity index (χ0) is 6.70. The summed E-state index contributed by atoms with van der Waals surface area (Å²) in [5.74, 6) is 0.944. The van der Waals surface area contributed by atoms with Gasteiger partial charge in [-0.25, -0.2) is 0 Å². The van der Waals surface area contributed by atoms with Crippen molar-refractivity contribution in [3.05, 3.63) is 0 Å². The summed E-state index contributed by atoms with van der Waals surface area (Å²) < 4.78 is 0. The molecule has 0 radical (unpaired) electrons. The van der Waals surface area contributed by atoms with Crippen molar-refractivity contribution in [1.82, 2.24) is 0 Å². The van der Waals surface area contributed by atoms with E-state index < -0.39 is 0 Å². The molecule has 0 unspecified atom stereocenters. The van der Waals surface area contributed by atoms with Crippen molar-refractivity contribution >= 4 is 0 Å². The highest BCUT2D eigenvalue weighted by atomic mass is 14.7. The summed E-state index contributed by atoms with van der Waals surface area (Å²) in [5.41, 5.74) is 1.64. The second-order valence-corrected chi connectivity index (χ2v) is 4.86. The van der Waals surface area contributed by atoms with E-state index >= 15 is 0 Å². The van der Waals surface area contributed by atoms with Crippen LogP contribution in [0.15, 0.2) is 0 Å². The summed E-state index contributed by atoms with van der Waals surface area (Å²) in [6.07, 6.45) is 4.58. The minimum atomic E-state index is 0.810. The maximum Gasteiger partial charge on any atom is -0.0259 e. The van der Waals surface area contributed by atoms with Crippen LogP contribution in [0.3, 0.4) is 0 Å². The van der Waals surface area contributed by atoms with Crippen LogP contribution in [0.1, 0.15) is 40.0 Å². The molecular weight excluding hydrogens is 108 g/mol. The third kappa shape index (κ3) is 0.500. The molecule has 52 valence electrons. The van der Waals surface area contributed by atoms with E-state index in [-0.39, 0.29) is 0 Å². The van der Waals surface area contributed by atoms with Crippen molar-refractivity contribution in [3.63, 3.8) is 0 Å². The Hall–Kier alpha value is 0. The quantitative estimate of drug-likeness (QED) is 0.504. The Morgan fingerprint density at radius 3 is 1.67 bits per heavy atom. The Bertz CT molecular complexity index is 124. The average molecular weight is 124 g/mol. The van der Waals surface area contributed by atoms with Gasteiger partial charge in [0.2, 0.25) is 0 Å². The maximum absolute atomic E-state index is 2.43. The van der Waals surface area contributed by atoms with Gasteiger partial charge >= 0.3 is 0 Å². The summed E-state index contributed by atoms with van der Waals surface area (Å²) >= 11 is 0. The Morgan fingerprint density at radius 2 is 1.56 bits per heavy atom. The highest BCUT2D eigenvalue weighted by molar-refractivity contribution is 5.15. The van der Waals surface area contributed by atoms with Crippen LogP contribution in [0.25, 0.3) is 0 Å². The molecule has 9 heavy (non-hydrogen) atoms. The van der Waals surface area contributed by atoms with Crippen molar-refractivity contribution in [2.75, 3.05) is 0 Å². The first kappa shape index (κ1) is 5.76. The van der Waals surface area contributed by atoms with E-state index in [4.69, 9.17) is 0 Å². The van der Waals surface area contributed by atoms with Crippen molar-refractivity contribution in [1.29, 1.82) is 0 Å². The zero-order valence-corrected chi connectivity index (χ0v) is 6.70. The molecule has 3 saturated carbocycles. The largest absolute Gasteiger partial charge is 0.0622 e. The molecule has 0 aromatic rings.